The summed E-state index contributed by atoms with van der Waals surface area (Å²) >= 11 is 0. The van der Waals surface area contributed by atoms with Gasteiger partial charge in [0.2, 0.25) is 5.82 Å². The molecule has 6 heteroatoms. The van der Waals surface area contributed by atoms with Gasteiger partial charge in [-0.1, -0.05) is 18.2 Å². The summed E-state index contributed by atoms with van der Waals surface area (Å²) in [5.41, 5.74) is 1.69. The normalized spacial score (nSPS) is 10.6. The Morgan fingerprint density at radius 2 is 1.86 bits per heavy atom. The van der Waals surface area contributed by atoms with Crippen LogP contribution in [0.1, 0.15) is 5.56 Å². The number of benzene rings is 2. The molecule has 3 rings (SSSR count). The van der Waals surface area contributed by atoms with Crippen LogP contribution in [0.5, 0.6) is 5.75 Å². The van der Waals surface area contributed by atoms with E-state index in [1.165, 1.54) is 16.9 Å². The second-order valence-electron chi connectivity index (χ2n) is 4.46. The Labute approximate surface area is 121 Å². The molecule has 0 saturated heterocycles. The van der Waals surface area contributed by atoms with Gasteiger partial charge in [-0.05, 0) is 35.5 Å². The number of hydrogen-bond donors (Lipinski definition) is 0. The van der Waals surface area contributed by atoms with Crippen LogP contribution in [0, 0.1) is 5.82 Å². The predicted molar refractivity (Wildman–Crippen MR) is 75.3 cm³/mol. The highest BCUT2D eigenvalue weighted by atomic mass is 19.1. The number of methoxy groups -OCH3 is 1. The topological polar surface area (TPSA) is 52.8 Å². The summed E-state index contributed by atoms with van der Waals surface area (Å²) in [7, 11) is 1.62. The quantitative estimate of drug-likeness (QED) is 0.738. The fourth-order valence-corrected chi connectivity index (χ4v) is 2.01. The molecule has 5 nitrogen and oxygen atoms in total. The molecule has 1 heterocycles. The molecule has 0 aliphatic rings. The van der Waals surface area contributed by atoms with Crippen LogP contribution >= 0.6 is 0 Å². The van der Waals surface area contributed by atoms with Gasteiger partial charge in [0.05, 0.1) is 13.7 Å². The minimum absolute atomic E-state index is 0.292. The predicted octanol–water partition coefficient (Wildman–Crippen LogP) is 2.54. The highest BCUT2D eigenvalue weighted by Gasteiger charge is 2.08. The summed E-state index contributed by atoms with van der Waals surface area (Å²) in [5.74, 6) is 0.947. The fourth-order valence-electron chi connectivity index (χ4n) is 2.01. The molecule has 0 fully saturated rings. The average molecular weight is 284 g/mol. The van der Waals surface area contributed by atoms with E-state index in [9.17, 15) is 4.39 Å². The van der Waals surface area contributed by atoms with Gasteiger partial charge in [0.1, 0.15) is 11.6 Å². The van der Waals surface area contributed by atoms with Crippen molar-refractivity contribution >= 4 is 0 Å². The van der Waals surface area contributed by atoms with Crippen LogP contribution in [-0.2, 0) is 6.54 Å². The fraction of sp³-hybridized carbons (Fsp3) is 0.133. The maximum atomic E-state index is 12.9. The summed E-state index contributed by atoms with van der Waals surface area (Å²) in [6, 6.07) is 13.6. The molecule has 0 bridgehead atoms. The summed E-state index contributed by atoms with van der Waals surface area (Å²) in [6.07, 6.45) is 0. The van der Waals surface area contributed by atoms with Gasteiger partial charge < -0.3 is 4.74 Å². The van der Waals surface area contributed by atoms with Crippen molar-refractivity contribution < 1.29 is 9.13 Å². The standard InChI is InChI=1S/C15H13FN4O/c1-21-14-5-3-2-4-12(14)10-20-18-15(17-19-20)11-6-8-13(16)9-7-11/h2-9H,10H2,1H3. The molecule has 0 aliphatic heterocycles. The van der Waals surface area contributed by atoms with Crippen molar-refractivity contribution in [1.82, 2.24) is 20.2 Å². The van der Waals surface area contributed by atoms with Crippen LogP contribution in [0.4, 0.5) is 4.39 Å². The highest BCUT2D eigenvalue weighted by Crippen LogP contribution is 2.18. The van der Waals surface area contributed by atoms with Gasteiger partial charge in [-0.3, -0.25) is 0 Å². The third-order valence-corrected chi connectivity index (χ3v) is 3.06. The first kappa shape index (κ1) is 13.2. The lowest BCUT2D eigenvalue weighted by Crippen LogP contribution is -2.05. The summed E-state index contributed by atoms with van der Waals surface area (Å²) in [5, 5.41) is 12.3. The van der Waals surface area contributed by atoms with Gasteiger partial charge in [0, 0.05) is 11.1 Å². The third kappa shape index (κ3) is 2.89. The zero-order valence-electron chi connectivity index (χ0n) is 11.4. The van der Waals surface area contributed by atoms with Crippen molar-refractivity contribution in [3.05, 3.63) is 59.9 Å². The van der Waals surface area contributed by atoms with Gasteiger partial charge in [-0.25, -0.2) is 4.39 Å². The van der Waals surface area contributed by atoms with E-state index >= 15 is 0 Å². The summed E-state index contributed by atoms with van der Waals surface area (Å²) in [4.78, 5) is 1.48. The molecular weight excluding hydrogens is 271 g/mol. The smallest absolute Gasteiger partial charge is 0.204 e. The first-order valence-electron chi connectivity index (χ1n) is 6.42. The van der Waals surface area contributed by atoms with Crippen LogP contribution in [0.25, 0.3) is 11.4 Å². The van der Waals surface area contributed by atoms with Crippen LogP contribution in [0.3, 0.4) is 0 Å². The van der Waals surface area contributed by atoms with Gasteiger partial charge in [0.25, 0.3) is 0 Å². The molecule has 2 aromatic carbocycles. The molecule has 106 valence electrons. The van der Waals surface area contributed by atoms with E-state index in [4.69, 9.17) is 4.74 Å². The number of halogens is 1. The van der Waals surface area contributed by atoms with Crippen LogP contribution in [-0.4, -0.2) is 27.3 Å². The van der Waals surface area contributed by atoms with E-state index in [0.29, 0.717) is 12.4 Å². The highest BCUT2D eigenvalue weighted by molar-refractivity contribution is 5.53. The Hall–Kier alpha value is -2.76. The number of para-hydroxylation sites is 1. The van der Waals surface area contributed by atoms with Crippen molar-refractivity contribution in [2.75, 3.05) is 7.11 Å². The van der Waals surface area contributed by atoms with E-state index in [0.717, 1.165) is 16.9 Å². The summed E-state index contributed by atoms with van der Waals surface area (Å²) in [6.45, 7) is 0.457. The van der Waals surface area contributed by atoms with Crippen LogP contribution in [0.2, 0.25) is 0 Å². The van der Waals surface area contributed by atoms with Crippen molar-refractivity contribution in [1.29, 1.82) is 0 Å². The van der Waals surface area contributed by atoms with Gasteiger partial charge in [0.15, 0.2) is 0 Å². The van der Waals surface area contributed by atoms with Gasteiger partial charge in [-0.2, -0.15) is 4.80 Å². The second kappa shape index (κ2) is 5.70. The van der Waals surface area contributed by atoms with Crippen molar-refractivity contribution in [3.8, 4) is 17.1 Å². The maximum absolute atomic E-state index is 12.9. The maximum Gasteiger partial charge on any atom is 0.204 e. The van der Waals surface area contributed by atoms with Crippen molar-refractivity contribution in [2.45, 2.75) is 6.54 Å². The molecule has 1 aromatic heterocycles. The largest absolute Gasteiger partial charge is 0.496 e. The van der Waals surface area contributed by atoms with E-state index in [1.54, 1.807) is 19.2 Å². The van der Waals surface area contributed by atoms with E-state index in [2.05, 4.69) is 15.4 Å². The van der Waals surface area contributed by atoms with E-state index in [-0.39, 0.29) is 5.82 Å². The molecule has 0 atom stereocenters. The monoisotopic (exact) mass is 284 g/mol. The van der Waals surface area contributed by atoms with Crippen molar-refractivity contribution in [2.24, 2.45) is 0 Å². The molecule has 0 saturated carbocycles. The molecule has 21 heavy (non-hydrogen) atoms. The lowest BCUT2D eigenvalue weighted by molar-refractivity contribution is 0.405. The van der Waals surface area contributed by atoms with E-state index in [1.807, 2.05) is 24.3 Å². The molecule has 0 spiro atoms. The minimum atomic E-state index is -0.292. The Kier molecular flexibility index (Phi) is 3.59. The van der Waals surface area contributed by atoms with Crippen molar-refractivity contribution in [3.63, 3.8) is 0 Å². The first-order valence-corrected chi connectivity index (χ1v) is 6.42. The Bertz CT molecular complexity index is 739. The second-order valence-corrected chi connectivity index (χ2v) is 4.46. The van der Waals surface area contributed by atoms with Crippen LogP contribution in [0.15, 0.2) is 48.5 Å². The molecule has 3 aromatic rings. The zero-order chi connectivity index (χ0) is 14.7. The van der Waals surface area contributed by atoms with Gasteiger partial charge in [-0.15, -0.1) is 10.2 Å². The lowest BCUT2D eigenvalue weighted by Gasteiger charge is -2.06. The van der Waals surface area contributed by atoms with E-state index < -0.39 is 0 Å². The lowest BCUT2D eigenvalue weighted by atomic mass is 10.2. The number of aromatic nitrogens is 4. The third-order valence-electron chi connectivity index (χ3n) is 3.06. The number of nitrogens with zero attached hydrogens (tertiary/aromatic N) is 4. The molecule has 0 radical (unpaired) electrons. The first-order chi connectivity index (χ1) is 10.3. The molecule has 0 amide bonds. The number of ether oxygens (including phenoxy) is 1. The SMILES string of the molecule is COc1ccccc1Cn1nnc(-c2ccc(F)cc2)n1. The number of hydrogen-bond acceptors (Lipinski definition) is 4. The zero-order valence-corrected chi connectivity index (χ0v) is 11.4. The molecule has 0 unspecified atom stereocenters. The molecular formula is C15H13FN4O. The Morgan fingerprint density at radius 3 is 2.62 bits per heavy atom. The number of rotatable bonds is 4. The molecule has 0 aliphatic carbocycles. The summed E-state index contributed by atoms with van der Waals surface area (Å²) < 4.78 is 18.2. The average Bonchev–Trinajstić information content (AvgIpc) is 2.97. The molecule has 0 N–H and O–H groups in total. The number of tetrazole rings is 1. The Morgan fingerprint density at radius 1 is 1.10 bits per heavy atom. The Balaban J connectivity index is 1.83. The van der Waals surface area contributed by atoms with Gasteiger partial charge >= 0.3 is 0 Å². The van der Waals surface area contributed by atoms with Crippen LogP contribution < -0.4 is 4.74 Å². The minimum Gasteiger partial charge on any atom is -0.496 e.